The Kier molecular flexibility index (Phi) is 8.34. The molecule has 0 spiro atoms. The molecule has 0 bridgehead atoms. The quantitative estimate of drug-likeness (QED) is 0.283. The standard InChI is InChI=1S/C35H44N2O3/c1-6-19-36-20-18-34(30-12-9-13-32(22-30)39-4)23-31(16-17-35(34,25-36)40-5)37(24-26(2)3)33(38)29-15-14-27-10-7-8-11-28(27)21-29/h6-15,21-22,26,31H,1,16-20,23-25H2,2-5H3. The molecule has 0 N–H and O–H groups in total. The molecule has 212 valence electrons. The van der Waals surface area contributed by atoms with Crippen LogP contribution in [0.2, 0.25) is 0 Å². The molecule has 5 rings (SSSR count). The molecule has 1 saturated heterocycles. The maximum Gasteiger partial charge on any atom is 0.254 e. The van der Waals surface area contributed by atoms with Crippen LogP contribution in [0.15, 0.2) is 79.4 Å². The van der Waals surface area contributed by atoms with Gasteiger partial charge in [-0.25, -0.2) is 0 Å². The van der Waals surface area contributed by atoms with Crippen LogP contribution in [0.3, 0.4) is 0 Å². The van der Waals surface area contributed by atoms with Gasteiger partial charge in [0.05, 0.1) is 12.7 Å². The van der Waals surface area contributed by atoms with Gasteiger partial charge in [0.2, 0.25) is 0 Å². The third-order valence-corrected chi connectivity index (χ3v) is 9.33. The van der Waals surface area contributed by atoms with E-state index in [1.54, 1.807) is 7.11 Å². The van der Waals surface area contributed by atoms with Crippen molar-refractivity contribution in [3.8, 4) is 5.75 Å². The molecule has 5 nitrogen and oxygen atoms in total. The number of methoxy groups -OCH3 is 2. The number of nitrogens with zero attached hydrogens (tertiary/aromatic N) is 2. The Labute approximate surface area is 239 Å². The Morgan fingerprint density at radius 2 is 1.88 bits per heavy atom. The Morgan fingerprint density at radius 1 is 1.07 bits per heavy atom. The predicted molar refractivity (Wildman–Crippen MR) is 163 cm³/mol. The van der Waals surface area contributed by atoms with Crippen molar-refractivity contribution in [1.29, 1.82) is 0 Å². The molecule has 3 unspecified atom stereocenters. The van der Waals surface area contributed by atoms with E-state index in [1.807, 2.05) is 37.5 Å². The Balaban J connectivity index is 1.55. The number of benzene rings is 3. The maximum absolute atomic E-state index is 14.3. The van der Waals surface area contributed by atoms with Gasteiger partial charge in [-0.05, 0) is 78.7 Å². The predicted octanol–water partition coefficient (Wildman–Crippen LogP) is 6.71. The average Bonchev–Trinajstić information content (AvgIpc) is 2.99. The highest BCUT2D eigenvalue weighted by Crippen LogP contribution is 2.54. The van der Waals surface area contributed by atoms with E-state index in [9.17, 15) is 4.79 Å². The van der Waals surface area contributed by atoms with Gasteiger partial charge in [0, 0.05) is 43.8 Å². The van der Waals surface area contributed by atoms with Gasteiger partial charge >= 0.3 is 0 Å². The molecule has 3 atom stereocenters. The lowest BCUT2D eigenvalue weighted by Gasteiger charge is -2.60. The summed E-state index contributed by atoms with van der Waals surface area (Å²) in [7, 11) is 3.60. The third-order valence-electron chi connectivity index (χ3n) is 9.33. The topological polar surface area (TPSA) is 42.0 Å². The first kappa shape index (κ1) is 28.4. The van der Waals surface area contributed by atoms with E-state index in [1.165, 1.54) is 5.56 Å². The highest BCUT2D eigenvalue weighted by molar-refractivity contribution is 5.98. The molecular formula is C35H44N2O3. The Bertz CT molecular complexity index is 1350. The fourth-order valence-corrected chi connectivity index (χ4v) is 7.37. The molecule has 40 heavy (non-hydrogen) atoms. The lowest BCUT2D eigenvalue weighted by Crippen LogP contribution is -2.68. The van der Waals surface area contributed by atoms with Gasteiger partial charge in [-0.2, -0.15) is 0 Å². The third kappa shape index (κ3) is 5.17. The van der Waals surface area contributed by atoms with Gasteiger partial charge in [0.25, 0.3) is 5.91 Å². The zero-order chi connectivity index (χ0) is 28.3. The molecule has 0 aromatic heterocycles. The SMILES string of the molecule is C=CCN1CCC2(c3cccc(OC)c3)CC(N(CC(C)C)C(=O)c3ccc4ccccc4c3)CCC2(OC)C1. The van der Waals surface area contributed by atoms with E-state index in [-0.39, 0.29) is 23.0 Å². The molecule has 1 aliphatic carbocycles. The van der Waals surface area contributed by atoms with Crippen molar-refractivity contribution in [3.63, 3.8) is 0 Å². The fourth-order valence-electron chi connectivity index (χ4n) is 7.37. The number of rotatable bonds is 9. The number of carbonyl (C=O) groups is 1. The van der Waals surface area contributed by atoms with Crippen molar-refractivity contribution < 1.29 is 14.3 Å². The van der Waals surface area contributed by atoms with E-state index >= 15 is 0 Å². The van der Waals surface area contributed by atoms with Gasteiger partial charge in [0.1, 0.15) is 5.75 Å². The molecule has 1 heterocycles. The molecule has 1 amide bonds. The van der Waals surface area contributed by atoms with Gasteiger partial charge in [-0.1, -0.05) is 62.4 Å². The summed E-state index contributed by atoms with van der Waals surface area (Å²) in [6.07, 6.45) is 5.60. The van der Waals surface area contributed by atoms with E-state index < -0.39 is 0 Å². The van der Waals surface area contributed by atoms with Crippen molar-refractivity contribution in [3.05, 3.63) is 90.5 Å². The van der Waals surface area contributed by atoms with E-state index in [2.05, 4.69) is 72.7 Å². The summed E-state index contributed by atoms with van der Waals surface area (Å²) < 4.78 is 12.3. The normalized spacial score (nSPS) is 25.0. The van der Waals surface area contributed by atoms with Crippen LogP contribution >= 0.6 is 0 Å². The molecule has 2 fully saturated rings. The smallest absolute Gasteiger partial charge is 0.254 e. The van der Waals surface area contributed by atoms with Gasteiger partial charge < -0.3 is 14.4 Å². The summed E-state index contributed by atoms with van der Waals surface area (Å²) in [5, 5.41) is 2.25. The zero-order valence-corrected chi connectivity index (χ0v) is 24.6. The second-order valence-corrected chi connectivity index (χ2v) is 12.1. The summed E-state index contributed by atoms with van der Waals surface area (Å²) in [4.78, 5) is 18.9. The first-order valence-corrected chi connectivity index (χ1v) is 14.7. The minimum absolute atomic E-state index is 0.113. The highest BCUT2D eigenvalue weighted by atomic mass is 16.5. The number of carbonyl (C=O) groups excluding carboxylic acids is 1. The summed E-state index contributed by atoms with van der Waals surface area (Å²) in [6.45, 7) is 11.8. The van der Waals surface area contributed by atoms with Crippen molar-refractivity contribution in [2.45, 2.75) is 56.6 Å². The van der Waals surface area contributed by atoms with E-state index in [0.717, 1.165) is 73.9 Å². The van der Waals surface area contributed by atoms with Crippen LogP contribution in [-0.2, 0) is 10.2 Å². The Hall–Kier alpha value is -3.15. The van der Waals surface area contributed by atoms with Crippen molar-refractivity contribution in [1.82, 2.24) is 9.80 Å². The zero-order valence-electron chi connectivity index (χ0n) is 24.6. The number of piperidine rings is 1. The Morgan fingerprint density at radius 3 is 2.60 bits per heavy atom. The van der Waals surface area contributed by atoms with Crippen LogP contribution < -0.4 is 4.74 Å². The van der Waals surface area contributed by atoms with Crippen LogP contribution in [-0.4, -0.2) is 67.7 Å². The summed E-state index contributed by atoms with van der Waals surface area (Å²) >= 11 is 0. The van der Waals surface area contributed by atoms with Crippen LogP contribution in [0.4, 0.5) is 0 Å². The van der Waals surface area contributed by atoms with Crippen LogP contribution in [0, 0.1) is 5.92 Å². The first-order chi connectivity index (χ1) is 19.3. The molecule has 1 saturated carbocycles. The van der Waals surface area contributed by atoms with Crippen LogP contribution in [0.25, 0.3) is 10.8 Å². The summed E-state index contributed by atoms with van der Waals surface area (Å²) in [5.74, 6) is 1.35. The number of hydrogen-bond acceptors (Lipinski definition) is 4. The molecular weight excluding hydrogens is 496 g/mol. The summed E-state index contributed by atoms with van der Waals surface area (Å²) in [6, 6.07) is 23.0. The molecule has 0 radical (unpaired) electrons. The maximum atomic E-state index is 14.3. The first-order valence-electron chi connectivity index (χ1n) is 14.7. The molecule has 2 aliphatic rings. The molecule has 3 aromatic rings. The lowest BCUT2D eigenvalue weighted by atomic mass is 9.55. The van der Waals surface area contributed by atoms with Gasteiger partial charge in [-0.15, -0.1) is 6.58 Å². The number of amides is 1. The van der Waals surface area contributed by atoms with Gasteiger partial charge in [-0.3, -0.25) is 9.69 Å². The number of fused-ring (bicyclic) bond motifs is 2. The molecule has 1 aliphatic heterocycles. The monoisotopic (exact) mass is 540 g/mol. The second kappa shape index (κ2) is 11.8. The number of ether oxygens (including phenoxy) is 2. The summed E-state index contributed by atoms with van der Waals surface area (Å²) in [5.41, 5.74) is 1.42. The van der Waals surface area contributed by atoms with E-state index in [4.69, 9.17) is 9.47 Å². The van der Waals surface area contributed by atoms with Crippen molar-refractivity contribution >= 4 is 16.7 Å². The van der Waals surface area contributed by atoms with E-state index in [0.29, 0.717) is 5.92 Å². The fraction of sp³-hybridized carbons (Fsp3) is 0.457. The molecule has 5 heteroatoms. The number of hydrogen-bond donors (Lipinski definition) is 0. The minimum atomic E-state index is -0.355. The number of likely N-dealkylation sites (tertiary alicyclic amines) is 1. The van der Waals surface area contributed by atoms with Crippen LogP contribution in [0.1, 0.15) is 55.5 Å². The molecule has 3 aromatic carbocycles. The average molecular weight is 541 g/mol. The van der Waals surface area contributed by atoms with Gasteiger partial charge in [0.15, 0.2) is 0 Å². The van der Waals surface area contributed by atoms with Crippen molar-refractivity contribution in [2.75, 3.05) is 40.4 Å². The largest absolute Gasteiger partial charge is 0.497 e. The minimum Gasteiger partial charge on any atom is -0.497 e. The van der Waals surface area contributed by atoms with Crippen molar-refractivity contribution in [2.24, 2.45) is 5.92 Å². The second-order valence-electron chi connectivity index (χ2n) is 12.1. The highest BCUT2D eigenvalue weighted by Gasteiger charge is 2.59. The van der Waals surface area contributed by atoms with Crippen LogP contribution in [0.5, 0.6) is 5.75 Å². The lowest BCUT2D eigenvalue weighted by molar-refractivity contribution is -0.153.